The maximum absolute atomic E-state index is 5.37. The molecule has 3 nitrogen and oxygen atoms in total. The number of benzene rings is 9. The van der Waals surface area contributed by atoms with Gasteiger partial charge in [0, 0.05) is 43.5 Å². The lowest BCUT2D eigenvalue weighted by Crippen LogP contribution is -1.95. The summed E-state index contributed by atoms with van der Waals surface area (Å²) in [7, 11) is 0. The maximum Gasteiger partial charge on any atom is 0.160 e. The molecule has 4 heteroatoms. The highest BCUT2D eigenvalue weighted by Gasteiger charge is 2.23. The predicted octanol–water partition coefficient (Wildman–Crippen LogP) is 17.2. The number of aromatic nitrogens is 3. The summed E-state index contributed by atoms with van der Waals surface area (Å²) in [5, 5.41) is 2.37. The number of hydrogen-bond donors (Lipinski definition) is 0. The van der Waals surface area contributed by atoms with Gasteiger partial charge in [0.15, 0.2) is 5.82 Å². The van der Waals surface area contributed by atoms with Gasteiger partial charge in [0.25, 0.3) is 0 Å². The fraction of sp³-hybridized carbons (Fsp3) is 0. The zero-order valence-corrected chi connectivity index (χ0v) is 37.2. The van der Waals surface area contributed by atoms with E-state index in [4.69, 9.17) is 15.0 Å². The monoisotopic (exact) mass is 871 g/mol. The highest BCUT2D eigenvalue weighted by molar-refractivity contribution is 7.23. The molecule has 0 amide bonds. The Morgan fingerprint density at radius 3 is 1.24 bits per heavy atom. The van der Waals surface area contributed by atoms with Crippen molar-refractivity contribution in [2.24, 2.45) is 0 Å². The average Bonchev–Trinajstić information content (AvgIpc) is 3.83. The zero-order valence-electron chi connectivity index (χ0n) is 36.4. The van der Waals surface area contributed by atoms with E-state index in [-0.39, 0.29) is 0 Å². The summed E-state index contributed by atoms with van der Waals surface area (Å²) >= 11 is 1.84. The quantitative estimate of drug-likeness (QED) is 0.145. The summed E-state index contributed by atoms with van der Waals surface area (Å²) in [6.07, 6.45) is 0. The van der Waals surface area contributed by atoms with Gasteiger partial charge < -0.3 is 0 Å². The summed E-state index contributed by atoms with van der Waals surface area (Å²) < 4.78 is 1.18. The summed E-state index contributed by atoms with van der Waals surface area (Å²) in [6.45, 7) is 0. The van der Waals surface area contributed by atoms with E-state index in [9.17, 15) is 0 Å². The zero-order chi connectivity index (χ0) is 44.5. The molecule has 0 radical (unpaired) electrons. The molecular weight excluding hydrogens is 831 g/mol. The molecule has 9 aromatic carbocycles. The maximum atomic E-state index is 5.37. The molecule has 0 unspecified atom stereocenters. The molecule has 12 rings (SSSR count). The second kappa shape index (κ2) is 17.4. The first kappa shape index (κ1) is 40.0. The molecule has 0 aliphatic rings. The number of pyridine rings is 1. The van der Waals surface area contributed by atoms with E-state index in [2.05, 4.69) is 212 Å². The first-order valence-electron chi connectivity index (χ1n) is 22.6. The van der Waals surface area contributed by atoms with Crippen LogP contribution in [0.15, 0.2) is 249 Å². The van der Waals surface area contributed by atoms with E-state index in [1.165, 1.54) is 48.3 Å². The highest BCUT2D eigenvalue weighted by Crippen LogP contribution is 2.51. The molecule has 0 saturated heterocycles. The molecule has 0 aliphatic heterocycles. The predicted molar refractivity (Wildman–Crippen MR) is 282 cm³/mol. The molecule has 3 heterocycles. The lowest BCUT2D eigenvalue weighted by molar-refractivity contribution is 1.18. The Balaban J connectivity index is 1.00. The fourth-order valence-electron chi connectivity index (χ4n) is 9.16. The standard InChI is InChI=1S/C63H41N3S/c1-6-18-42(19-7-1)51-38-52(43-20-8-2-9-21-43)40-53(39-51)61-58(59-54-28-16-17-29-55(54)64-60(62(59)67-61)49-24-12-4-13-25-49)48-36-32-45(33-37-48)44-30-34-47(35-31-44)57-41-56(46-22-10-3-11-23-46)65-63(66-57)50-26-14-5-15-27-50/h1-41H. The van der Waals surface area contributed by atoms with Crippen LogP contribution in [0, 0.1) is 0 Å². The van der Waals surface area contributed by atoms with Crippen LogP contribution in [0.1, 0.15) is 0 Å². The first-order chi connectivity index (χ1) is 33.2. The lowest BCUT2D eigenvalue weighted by Gasteiger charge is -2.13. The molecule has 0 fully saturated rings. The third-order valence-corrected chi connectivity index (χ3v) is 13.7. The number of fused-ring (bicyclic) bond motifs is 3. The number of nitrogens with zero attached hydrogens (tertiary/aromatic N) is 3. The number of para-hydroxylation sites is 1. The van der Waals surface area contributed by atoms with Gasteiger partial charge in [-0.15, -0.1) is 11.3 Å². The summed E-state index contributed by atoms with van der Waals surface area (Å²) in [4.78, 5) is 16.7. The second-order valence-electron chi connectivity index (χ2n) is 16.7. The molecule has 0 N–H and O–H groups in total. The van der Waals surface area contributed by atoms with Gasteiger partial charge in [0.05, 0.1) is 27.3 Å². The van der Waals surface area contributed by atoms with Crippen molar-refractivity contribution in [3.8, 4) is 100 Å². The number of hydrogen-bond acceptors (Lipinski definition) is 4. The van der Waals surface area contributed by atoms with Gasteiger partial charge in [-0.2, -0.15) is 0 Å². The van der Waals surface area contributed by atoms with Gasteiger partial charge in [-0.25, -0.2) is 15.0 Å². The van der Waals surface area contributed by atoms with Gasteiger partial charge in [-0.3, -0.25) is 0 Å². The van der Waals surface area contributed by atoms with E-state index in [1.807, 2.05) is 47.7 Å². The summed E-state index contributed by atoms with van der Waals surface area (Å²) in [6, 6.07) is 88.2. The van der Waals surface area contributed by atoms with Crippen LogP contribution < -0.4 is 0 Å². The highest BCUT2D eigenvalue weighted by atomic mass is 32.1. The minimum absolute atomic E-state index is 0.708. The average molecular weight is 872 g/mol. The Kier molecular flexibility index (Phi) is 10.4. The van der Waals surface area contributed by atoms with Crippen molar-refractivity contribution in [2.45, 2.75) is 0 Å². The largest absolute Gasteiger partial charge is 0.246 e. The molecule has 67 heavy (non-hydrogen) atoms. The lowest BCUT2D eigenvalue weighted by atomic mass is 9.91. The first-order valence-corrected chi connectivity index (χ1v) is 23.4. The third-order valence-electron chi connectivity index (χ3n) is 12.5. The van der Waals surface area contributed by atoms with E-state index >= 15 is 0 Å². The Bertz CT molecular complexity index is 3570. The van der Waals surface area contributed by atoms with Crippen LogP contribution in [-0.4, -0.2) is 15.0 Å². The van der Waals surface area contributed by atoms with Gasteiger partial charge in [-0.05, 0) is 74.8 Å². The van der Waals surface area contributed by atoms with E-state index in [1.54, 1.807) is 0 Å². The Morgan fingerprint density at radius 2 is 0.687 bits per heavy atom. The van der Waals surface area contributed by atoms with Crippen molar-refractivity contribution in [2.75, 3.05) is 0 Å². The van der Waals surface area contributed by atoms with Crippen LogP contribution in [0.25, 0.3) is 121 Å². The number of rotatable bonds is 9. The number of thiophene rings is 1. The van der Waals surface area contributed by atoms with Crippen molar-refractivity contribution in [1.29, 1.82) is 0 Å². The van der Waals surface area contributed by atoms with E-state index < -0.39 is 0 Å². The minimum atomic E-state index is 0.708. The van der Waals surface area contributed by atoms with Crippen LogP contribution in [0.4, 0.5) is 0 Å². The Morgan fingerprint density at radius 1 is 0.284 bits per heavy atom. The van der Waals surface area contributed by atoms with Crippen LogP contribution in [0.3, 0.4) is 0 Å². The Hall–Kier alpha value is -8.57. The van der Waals surface area contributed by atoms with Crippen molar-refractivity contribution in [1.82, 2.24) is 15.0 Å². The van der Waals surface area contributed by atoms with E-state index in [0.29, 0.717) is 5.82 Å². The van der Waals surface area contributed by atoms with Crippen LogP contribution >= 0.6 is 11.3 Å². The smallest absolute Gasteiger partial charge is 0.160 e. The Labute approximate surface area is 394 Å². The molecule has 0 bridgehead atoms. The minimum Gasteiger partial charge on any atom is -0.246 e. The van der Waals surface area contributed by atoms with Gasteiger partial charge >= 0.3 is 0 Å². The molecule has 0 spiro atoms. The second-order valence-corrected chi connectivity index (χ2v) is 17.8. The molecule has 314 valence electrons. The van der Waals surface area contributed by atoms with Gasteiger partial charge in [0.2, 0.25) is 0 Å². The topological polar surface area (TPSA) is 38.7 Å². The molecule has 0 saturated carbocycles. The summed E-state index contributed by atoms with van der Waals surface area (Å²) in [5.41, 5.74) is 18.5. The van der Waals surface area contributed by atoms with Gasteiger partial charge in [-0.1, -0.05) is 218 Å². The molecule has 3 aromatic heterocycles. The fourth-order valence-corrected chi connectivity index (χ4v) is 10.5. The molecular formula is C63H41N3S. The summed E-state index contributed by atoms with van der Waals surface area (Å²) in [5.74, 6) is 0.708. The van der Waals surface area contributed by atoms with Crippen molar-refractivity contribution < 1.29 is 0 Å². The third kappa shape index (κ3) is 7.80. The van der Waals surface area contributed by atoms with Crippen LogP contribution in [-0.2, 0) is 0 Å². The van der Waals surface area contributed by atoms with Crippen molar-refractivity contribution in [3.63, 3.8) is 0 Å². The molecule has 12 aromatic rings. The molecule has 0 atom stereocenters. The van der Waals surface area contributed by atoms with Crippen LogP contribution in [0.5, 0.6) is 0 Å². The van der Waals surface area contributed by atoms with E-state index in [0.717, 1.165) is 66.9 Å². The normalized spacial score (nSPS) is 11.3. The van der Waals surface area contributed by atoms with Crippen LogP contribution in [0.2, 0.25) is 0 Å². The van der Waals surface area contributed by atoms with Gasteiger partial charge in [0.1, 0.15) is 0 Å². The molecule has 0 aliphatic carbocycles. The SMILES string of the molecule is c1ccc(-c2cc(-c3ccccc3)cc(-c3sc4c(-c5ccccc5)nc5ccccc5c4c3-c3ccc(-c4ccc(-c5cc(-c6ccccc6)nc(-c6ccccc6)n5)cc4)cc3)c2)cc1. The van der Waals surface area contributed by atoms with Crippen molar-refractivity contribution >= 4 is 32.3 Å². The van der Waals surface area contributed by atoms with Crippen molar-refractivity contribution in [3.05, 3.63) is 249 Å².